The summed E-state index contributed by atoms with van der Waals surface area (Å²) in [5.41, 5.74) is 0.312. The number of carbonyl (C=O) groups is 1. The molecule has 7 nitrogen and oxygen atoms in total. The second-order valence-electron chi connectivity index (χ2n) is 5.29. The van der Waals surface area contributed by atoms with Gasteiger partial charge in [0.25, 0.3) is 0 Å². The van der Waals surface area contributed by atoms with Crippen LogP contribution in [0, 0.1) is 5.82 Å². The van der Waals surface area contributed by atoms with Gasteiger partial charge < -0.3 is 10.6 Å². The fourth-order valence-corrected chi connectivity index (χ4v) is 3.11. The van der Waals surface area contributed by atoms with Crippen LogP contribution in [0.25, 0.3) is 0 Å². The predicted molar refractivity (Wildman–Crippen MR) is 83.0 cm³/mol. The van der Waals surface area contributed by atoms with Crippen molar-refractivity contribution in [3.8, 4) is 0 Å². The second kappa shape index (κ2) is 6.45. The normalized spacial score (nSPS) is 18.1. The molecule has 0 saturated heterocycles. The van der Waals surface area contributed by atoms with Crippen molar-refractivity contribution in [2.75, 3.05) is 11.6 Å². The Kier molecular flexibility index (Phi) is 4.37. The summed E-state index contributed by atoms with van der Waals surface area (Å²) >= 11 is 0. The van der Waals surface area contributed by atoms with E-state index in [1.807, 2.05) is 0 Å². The molecule has 1 aliphatic rings. The number of fused-ring (bicyclic) bond motifs is 1. The first-order valence-electron chi connectivity index (χ1n) is 7.10. The Morgan fingerprint density at radius 2 is 2.30 bits per heavy atom. The quantitative estimate of drug-likeness (QED) is 0.883. The molecule has 122 valence electrons. The van der Waals surface area contributed by atoms with Crippen molar-refractivity contribution >= 4 is 22.5 Å². The zero-order valence-electron chi connectivity index (χ0n) is 12.5. The SMILES string of the molecule is C[S@](=O)c1ccc(NC(=O)N[C@H]2CCc3ncnn3C2)cc1F. The third kappa shape index (κ3) is 3.55. The van der Waals surface area contributed by atoms with E-state index in [0.717, 1.165) is 24.7 Å². The van der Waals surface area contributed by atoms with Crippen LogP contribution in [0.2, 0.25) is 0 Å². The van der Waals surface area contributed by atoms with Gasteiger partial charge in [0, 0.05) is 18.4 Å². The summed E-state index contributed by atoms with van der Waals surface area (Å²) < 4.78 is 26.8. The van der Waals surface area contributed by atoms with Gasteiger partial charge in [-0.05, 0) is 24.6 Å². The molecule has 0 unspecified atom stereocenters. The zero-order valence-corrected chi connectivity index (χ0v) is 13.3. The monoisotopic (exact) mass is 337 g/mol. The number of carbonyl (C=O) groups excluding carboxylic acids is 1. The number of halogens is 1. The number of nitrogens with one attached hydrogen (secondary N) is 2. The van der Waals surface area contributed by atoms with Crippen molar-refractivity contribution in [2.45, 2.75) is 30.3 Å². The van der Waals surface area contributed by atoms with Crippen LogP contribution in [0.1, 0.15) is 12.2 Å². The van der Waals surface area contributed by atoms with Gasteiger partial charge in [-0.25, -0.2) is 18.9 Å². The highest BCUT2D eigenvalue weighted by Crippen LogP contribution is 2.17. The summed E-state index contributed by atoms with van der Waals surface area (Å²) in [7, 11) is -1.40. The molecule has 0 saturated carbocycles. The minimum absolute atomic E-state index is 0.0588. The van der Waals surface area contributed by atoms with Crippen LogP contribution in [0.3, 0.4) is 0 Å². The summed E-state index contributed by atoms with van der Waals surface area (Å²) in [5.74, 6) is 0.308. The molecule has 2 N–H and O–H groups in total. The van der Waals surface area contributed by atoms with Crippen LogP contribution in [0.15, 0.2) is 29.4 Å². The van der Waals surface area contributed by atoms with Gasteiger partial charge in [0.1, 0.15) is 18.0 Å². The van der Waals surface area contributed by atoms with Crippen LogP contribution in [0.4, 0.5) is 14.9 Å². The Bertz CT molecular complexity index is 763. The summed E-state index contributed by atoms with van der Waals surface area (Å²) in [6, 6.07) is 3.62. The average molecular weight is 337 g/mol. The summed E-state index contributed by atoms with van der Waals surface area (Å²) in [6.07, 6.45) is 4.42. The fourth-order valence-electron chi connectivity index (χ4n) is 2.52. The molecule has 1 aliphatic heterocycles. The molecular weight excluding hydrogens is 321 g/mol. The van der Waals surface area contributed by atoms with Crippen LogP contribution >= 0.6 is 0 Å². The summed E-state index contributed by atoms with van der Waals surface area (Å²) in [5, 5.41) is 9.50. The molecule has 0 bridgehead atoms. The molecular formula is C14H16FN5O2S. The van der Waals surface area contributed by atoms with E-state index < -0.39 is 22.6 Å². The minimum Gasteiger partial charge on any atom is -0.333 e. The molecule has 9 heteroatoms. The number of anilines is 1. The highest BCUT2D eigenvalue weighted by atomic mass is 32.2. The molecule has 0 radical (unpaired) electrons. The number of hydrogen-bond acceptors (Lipinski definition) is 4. The van der Waals surface area contributed by atoms with Crippen LogP contribution in [-0.4, -0.2) is 37.3 Å². The number of nitrogens with zero attached hydrogens (tertiary/aromatic N) is 3. The fraction of sp³-hybridized carbons (Fsp3) is 0.357. The number of rotatable bonds is 3. The van der Waals surface area contributed by atoms with Crippen molar-refractivity contribution in [1.29, 1.82) is 0 Å². The number of aryl methyl sites for hydroxylation is 1. The van der Waals surface area contributed by atoms with E-state index in [1.165, 1.54) is 24.7 Å². The van der Waals surface area contributed by atoms with Gasteiger partial charge in [0.2, 0.25) is 0 Å². The van der Waals surface area contributed by atoms with Gasteiger partial charge in [-0.15, -0.1) is 0 Å². The van der Waals surface area contributed by atoms with Gasteiger partial charge in [0.05, 0.1) is 28.3 Å². The second-order valence-corrected chi connectivity index (χ2v) is 6.64. The van der Waals surface area contributed by atoms with E-state index in [9.17, 15) is 13.4 Å². The van der Waals surface area contributed by atoms with Gasteiger partial charge in [-0.1, -0.05) is 0 Å². The Morgan fingerprint density at radius 1 is 1.48 bits per heavy atom. The van der Waals surface area contributed by atoms with E-state index >= 15 is 0 Å². The largest absolute Gasteiger partial charge is 0.333 e. The standard InChI is InChI=1S/C14H16FN5O2S/c1-23(22)12-4-2-9(6-11(12)15)18-14(21)19-10-3-5-13-16-8-17-20(13)7-10/h2,4,6,8,10H,3,5,7H2,1H3,(H2,18,19,21)/t10-,23-/m0/s1. The number of urea groups is 1. The Morgan fingerprint density at radius 3 is 3.04 bits per heavy atom. The highest BCUT2D eigenvalue weighted by molar-refractivity contribution is 7.84. The molecule has 2 heterocycles. The molecule has 0 spiro atoms. The van der Waals surface area contributed by atoms with Crippen molar-refractivity contribution in [2.24, 2.45) is 0 Å². The lowest BCUT2D eigenvalue weighted by atomic mass is 10.1. The van der Waals surface area contributed by atoms with E-state index in [1.54, 1.807) is 4.68 Å². The first kappa shape index (κ1) is 15.6. The van der Waals surface area contributed by atoms with E-state index in [4.69, 9.17) is 0 Å². The maximum absolute atomic E-state index is 13.8. The molecule has 2 atom stereocenters. The smallest absolute Gasteiger partial charge is 0.319 e. The van der Waals surface area contributed by atoms with Crippen molar-refractivity contribution in [3.05, 3.63) is 36.2 Å². The Hall–Kier alpha value is -2.29. The van der Waals surface area contributed by atoms with Gasteiger partial charge in [-0.3, -0.25) is 4.21 Å². The summed E-state index contributed by atoms with van der Waals surface area (Å²) in [4.78, 5) is 16.3. The van der Waals surface area contributed by atoms with Crippen molar-refractivity contribution in [1.82, 2.24) is 20.1 Å². The molecule has 0 aliphatic carbocycles. The Balaban J connectivity index is 1.60. The number of amides is 2. The van der Waals surface area contributed by atoms with Crippen LogP contribution < -0.4 is 10.6 Å². The van der Waals surface area contributed by atoms with E-state index in [2.05, 4.69) is 20.7 Å². The lowest BCUT2D eigenvalue weighted by molar-refractivity contribution is 0.243. The average Bonchev–Trinajstić information content (AvgIpc) is 2.94. The molecule has 3 rings (SSSR count). The van der Waals surface area contributed by atoms with Crippen LogP contribution in [-0.2, 0) is 23.8 Å². The number of aromatic nitrogens is 3. The molecule has 2 aromatic rings. The van der Waals surface area contributed by atoms with Crippen molar-refractivity contribution in [3.63, 3.8) is 0 Å². The molecule has 2 amide bonds. The third-order valence-corrected chi connectivity index (χ3v) is 4.59. The molecule has 0 fully saturated rings. The van der Waals surface area contributed by atoms with E-state index in [0.29, 0.717) is 12.2 Å². The highest BCUT2D eigenvalue weighted by Gasteiger charge is 2.21. The zero-order chi connectivity index (χ0) is 16.4. The first-order valence-corrected chi connectivity index (χ1v) is 8.66. The Labute approximate surface area is 134 Å². The summed E-state index contributed by atoms with van der Waals surface area (Å²) in [6.45, 7) is 0.560. The van der Waals surface area contributed by atoms with Gasteiger partial charge in [0.15, 0.2) is 0 Å². The third-order valence-electron chi connectivity index (χ3n) is 3.64. The predicted octanol–water partition coefficient (Wildman–Crippen LogP) is 1.29. The maximum atomic E-state index is 13.8. The number of benzene rings is 1. The molecule has 1 aromatic heterocycles. The van der Waals surface area contributed by atoms with Gasteiger partial charge >= 0.3 is 6.03 Å². The van der Waals surface area contributed by atoms with Crippen LogP contribution in [0.5, 0.6) is 0 Å². The van der Waals surface area contributed by atoms with E-state index in [-0.39, 0.29) is 10.9 Å². The van der Waals surface area contributed by atoms with Gasteiger partial charge in [-0.2, -0.15) is 5.10 Å². The molecule has 23 heavy (non-hydrogen) atoms. The lowest BCUT2D eigenvalue weighted by Gasteiger charge is -2.23. The number of hydrogen-bond donors (Lipinski definition) is 2. The molecule has 1 aromatic carbocycles. The maximum Gasteiger partial charge on any atom is 0.319 e. The first-order chi connectivity index (χ1) is 11.0. The van der Waals surface area contributed by atoms with Crippen molar-refractivity contribution < 1.29 is 13.4 Å². The minimum atomic E-state index is -1.40. The topological polar surface area (TPSA) is 88.9 Å². The lowest BCUT2D eigenvalue weighted by Crippen LogP contribution is -2.43.